The quantitative estimate of drug-likeness (QED) is 0.866. The van der Waals surface area contributed by atoms with Crippen molar-refractivity contribution in [2.45, 2.75) is 19.8 Å². The predicted molar refractivity (Wildman–Crippen MR) is 75.9 cm³/mol. The Morgan fingerprint density at radius 3 is 2.79 bits per heavy atom. The van der Waals surface area contributed by atoms with Crippen molar-refractivity contribution in [1.29, 1.82) is 0 Å². The average molecular weight is 320 g/mol. The fraction of sp³-hybridized carbons (Fsp3) is 0.357. The van der Waals surface area contributed by atoms with Crippen LogP contribution in [0.15, 0.2) is 29.0 Å². The van der Waals surface area contributed by atoms with E-state index in [4.69, 9.17) is 4.74 Å². The first-order valence-corrected chi connectivity index (χ1v) is 7.10. The van der Waals surface area contributed by atoms with Gasteiger partial charge in [0.15, 0.2) is 0 Å². The summed E-state index contributed by atoms with van der Waals surface area (Å²) in [5, 5.41) is 0. The van der Waals surface area contributed by atoms with E-state index in [1.54, 1.807) is 12.4 Å². The van der Waals surface area contributed by atoms with Gasteiger partial charge >= 0.3 is 0 Å². The Bertz CT molecular complexity index is 582. The molecule has 0 aromatic carbocycles. The zero-order chi connectivity index (χ0) is 13.2. The number of hydrogen-bond acceptors (Lipinski definition) is 4. The molecule has 0 aliphatic heterocycles. The molecule has 1 fully saturated rings. The number of aryl methyl sites for hydroxylation is 1. The van der Waals surface area contributed by atoms with Crippen molar-refractivity contribution in [2.75, 3.05) is 6.61 Å². The number of halogens is 1. The van der Waals surface area contributed by atoms with E-state index in [1.807, 2.05) is 19.1 Å². The van der Waals surface area contributed by atoms with Crippen LogP contribution in [-0.2, 0) is 0 Å². The zero-order valence-corrected chi connectivity index (χ0v) is 12.2. The van der Waals surface area contributed by atoms with Gasteiger partial charge in [0.1, 0.15) is 5.82 Å². The Kier molecular flexibility index (Phi) is 3.46. The monoisotopic (exact) mass is 319 g/mol. The molecule has 0 radical (unpaired) electrons. The minimum absolute atomic E-state index is 0.634. The van der Waals surface area contributed by atoms with Crippen molar-refractivity contribution in [3.05, 3.63) is 34.8 Å². The van der Waals surface area contributed by atoms with E-state index in [-0.39, 0.29) is 0 Å². The molecule has 1 aliphatic carbocycles. The van der Waals surface area contributed by atoms with Crippen LogP contribution in [0.5, 0.6) is 5.88 Å². The summed E-state index contributed by atoms with van der Waals surface area (Å²) >= 11 is 3.38. The first-order valence-electron chi connectivity index (χ1n) is 6.31. The molecule has 0 unspecified atom stereocenters. The lowest BCUT2D eigenvalue weighted by Crippen LogP contribution is -2.04. The van der Waals surface area contributed by atoms with Gasteiger partial charge in [0.05, 0.1) is 17.9 Å². The van der Waals surface area contributed by atoms with Crippen LogP contribution in [0.3, 0.4) is 0 Å². The molecule has 2 aromatic heterocycles. The van der Waals surface area contributed by atoms with Gasteiger partial charge in [-0.1, -0.05) is 0 Å². The van der Waals surface area contributed by atoms with Crippen LogP contribution in [0.1, 0.15) is 18.7 Å². The molecule has 1 saturated carbocycles. The van der Waals surface area contributed by atoms with Crippen molar-refractivity contribution in [2.24, 2.45) is 5.92 Å². The summed E-state index contributed by atoms with van der Waals surface area (Å²) in [6, 6.07) is 3.88. The Labute approximate surface area is 120 Å². The standard InChI is InChI=1S/C14H14BrN3O/c1-9-16-7-12(13-5-4-11(15)6-17-13)14(18-9)19-8-10-2-3-10/h4-7,10H,2-3,8H2,1H3. The molecule has 0 N–H and O–H groups in total. The Hall–Kier alpha value is -1.49. The van der Waals surface area contributed by atoms with E-state index in [1.165, 1.54) is 12.8 Å². The average Bonchev–Trinajstić information content (AvgIpc) is 3.22. The maximum atomic E-state index is 5.82. The molecule has 5 heteroatoms. The minimum Gasteiger partial charge on any atom is -0.477 e. The smallest absolute Gasteiger partial charge is 0.226 e. The third kappa shape index (κ3) is 3.10. The largest absolute Gasteiger partial charge is 0.477 e. The van der Waals surface area contributed by atoms with E-state index >= 15 is 0 Å². The summed E-state index contributed by atoms with van der Waals surface area (Å²) in [7, 11) is 0. The third-order valence-corrected chi connectivity index (χ3v) is 3.50. The number of nitrogens with zero attached hydrogens (tertiary/aromatic N) is 3. The number of rotatable bonds is 4. The summed E-state index contributed by atoms with van der Waals surface area (Å²) < 4.78 is 6.77. The first-order chi connectivity index (χ1) is 9.22. The highest BCUT2D eigenvalue weighted by Crippen LogP contribution is 2.32. The molecule has 4 nitrogen and oxygen atoms in total. The normalized spacial score (nSPS) is 14.4. The molecule has 2 aromatic rings. The van der Waals surface area contributed by atoms with Gasteiger partial charge in [-0.05, 0) is 53.7 Å². The predicted octanol–water partition coefficient (Wildman–Crippen LogP) is 3.40. The van der Waals surface area contributed by atoms with Crippen molar-refractivity contribution in [1.82, 2.24) is 15.0 Å². The number of ether oxygens (including phenoxy) is 1. The zero-order valence-electron chi connectivity index (χ0n) is 10.6. The fourth-order valence-corrected chi connectivity index (χ4v) is 1.99. The Balaban J connectivity index is 1.91. The number of aromatic nitrogens is 3. The maximum Gasteiger partial charge on any atom is 0.226 e. The second-order valence-electron chi connectivity index (χ2n) is 4.75. The second-order valence-corrected chi connectivity index (χ2v) is 5.67. The van der Waals surface area contributed by atoms with E-state index in [0.29, 0.717) is 17.6 Å². The molecular weight excluding hydrogens is 306 g/mol. The van der Waals surface area contributed by atoms with Gasteiger partial charge in [0, 0.05) is 16.9 Å². The van der Waals surface area contributed by atoms with Gasteiger partial charge < -0.3 is 4.74 Å². The highest BCUT2D eigenvalue weighted by atomic mass is 79.9. The van der Waals surface area contributed by atoms with Crippen LogP contribution in [-0.4, -0.2) is 21.6 Å². The number of hydrogen-bond donors (Lipinski definition) is 0. The van der Waals surface area contributed by atoms with Crippen molar-refractivity contribution < 1.29 is 4.74 Å². The van der Waals surface area contributed by atoms with Crippen LogP contribution in [0.2, 0.25) is 0 Å². The molecule has 98 valence electrons. The van der Waals surface area contributed by atoms with Crippen molar-refractivity contribution >= 4 is 15.9 Å². The van der Waals surface area contributed by atoms with Gasteiger partial charge in [-0.15, -0.1) is 0 Å². The SMILES string of the molecule is Cc1ncc(-c2ccc(Br)cn2)c(OCC2CC2)n1. The molecule has 0 amide bonds. The van der Waals surface area contributed by atoms with Crippen LogP contribution in [0.25, 0.3) is 11.3 Å². The molecular formula is C14H14BrN3O. The molecule has 0 bridgehead atoms. The topological polar surface area (TPSA) is 47.9 Å². The van der Waals surface area contributed by atoms with E-state index in [9.17, 15) is 0 Å². The van der Waals surface area contributed by atoms with Gasteiger partial charge in [0.25, 0.3) is 0 Å². The van der Waals surface area contributed by atoms with Crippen LogP contribution in [0, 0.1) is 12.8 Å². The Morgan fingerprint density at radius 2 is 2.11 bits per heavy atom. The van der Waals surface area contributed by atoms with Crippen molar-refractivity contribution in [3.8, 4) is 17.1 Å². The summed E-state index contributed by atoms with van der Waals surface area (Å²) in [6.45, 7) is 2.60. The lowest BCUT2D eigenvalue weighted by molar-refractivity contribution is 0.288. The molecule has 0 atom stereocenters. The highest BCUT2D eigenvalue weighted by Gasteiger charge is 2.23. The summed E-state index contributed by atoms with van der Waals surface area (Å²) in [4.78, 5) is 13.0. The van der Waals surface area contributed by atoms with E-state index in [2.05, 4.69) is 30.9 Å². The first kappa shape index (κ1) is 12.5. The van der Waals surface area contributed by atoms with Gasteiger partial charge in [0.2, 0.25) is 5.88 Å². The highest BCUT2D eigenvalue weighted by molar-refractivity contribution is 9.10. The second kappa shape index (κ2) is 5.25. The molecule has 0 spiro atoms. The Morgan fingerprint density at radius 1 is 1.26 bits per heavy atom. The van der Waals surface area contributed by atoms with Crippen LogP contribution < -0.4 is 4.74 Å². The summed E-state index contributed by atoms with van der Waals surface area (Å²) in [6.07, 6.45) is 6.06. The third-order valence-electron chi connectivity index (χ3n) is 3.03. The summed E-state index contributed by atoms with van der Waals surface area (Å²) in [5.74, 6) is 2.04. The van der Waals surface area contributed by atoms with E-state index in [0.717, 1.165) is 22.3 Å². The van der Waals surface area contributed by atoms with Gasteiger partial charge in [-0.25, -0.2) is 4.98 Å². The van der Waals surface area contributed by atoms with Crippen LogP contribution >= 0.6 is 15.9 Å². The molecule has 2 heterocycles. The van der Waals surface area contributed by atoms with E-state index < -0.39 is 0 Å². The summed E-state index contributed by atoms with van der Waals surface area (Å²) in [5.41, 5.74) is 1.67. The van der Waals surface area contributed by atoms with Gasteiger partial charge in [-0.3, -0.25) is 4.98 Å². The number of pyridine rings is 1. The molecule has 1 aliphatic rings. The van der Waals surface area contributed by atoms with Crippen LogP contribution in [0.4, 0.5) is 0 Å². The maximum absolute atomic E-state index is 5.82. The molecule has 3 rings (SSSR count). The fourth-order valence-electron chi connectivity index (χ4n) is 1.75. The molecule has 19 heavy (non-hydrogen) atoms. The lowest BCUT2D eigenvalue weighted by atomic mass is 10.2. The lowest BCUT2D eigenvalue weighted by Gasteiger charge is -2.10. The van der Waals surface area contributed by atoms with Crippen molar-refractivity contribution in [3.63, 3.8) is 0 Å². The molecule has 0 saturated heterocycles. The van der Waals surface area contributed by atoms with Gasteiger partial charge in [-0.2, -0.15) is 4.98 Å². The minimum atomic E-state index is 0.634.